The fourth-order valence-corrected chi connectivity index (χ4v) is 2.57. The Morgan fingerprint density at radius 1 is 1.53 bits per heavy atom. The average molecular weight is 210 g/mol. The van der Waals surface area contributed by atoms with Crippen molar-refractivity contribution in [3.8, 4) is 0 Å². The third kappa shape index (κ3) is 2.33. The zero-order valence-corrected chi connectivity index (χ0v) is 9.88. The summed E-state index contributed by atoms with van der Waals surface area (Å²) in [6.07, 6.45) is 6.27. The number of nitrogens with one attached hydrogen (secondary N) is 1. The predicted molar refractivity (Wildman–Crippen MR) is 60.6 cm³/mol. The van der Waals surface area contributed by atoms with E-state index in [0.717, 1.165) is 19.5 Å². The Labute approximate surface area is 92.2 Å². The van der Waals surface area contributed by atoms with Gasteiger partial charge in [0.15, 0.2) is 0 Å². The molecule has 3 nitrogen and oxygen atoms in total. The fraction of sp³-hybridized carbons (Fsp3) is 0.917. The second kappa shape index (κ2) is 4.12. The van der Waals surface area contributed by atoms with Gasteiger partial charge in [0.25, 0.3) is 0 Å². The molecule has 3 heteroatoms. The van der Waals surface area contributed by atoms with Crippen LogP contribution in [0.1, 0.15) is 39.0 Å². The minimum absolute atomic E-state index is 0.101. The highest BCUT2D eigenvalue weighted by atomic mass is 16.2. The van der Waals surface area contributed by atoms with Crippen molar-refractivity contribution in [2.75, 3.05) is 20.1 Å². The Hall–Kier alpha value is -0.570. The van der Waals surface area contributed by atoms with Crippen LogP contribution >= 0.6 is 0 Å². The molecule has 1 N–H and O–H groups in total. The van der Waals surface area contributed by atoms with Crippen LogP contribution in [-0.4, -0.2) is 37.0 Å². The number of nitrogens with zero attached hydrogens (tertiary/aromatic N) is 1. The van der Waals surface area contributed by atoms with Gasteiger partial charge in [-0.1, -0.05) is 13.3 Å². The summed E-state index contributed by atoms with van der Waals surface area (Å²) >= 11 is 0. The van der Waals surface area contributed by atoms with Crippen molar-refractivity contribution >= 4 is 5.91 Å². The Balaban J connectivity index is 1.76. The maximum Gasteiger partial charge on any atom is 0.239 e. The molecule has 1 atom stereocenters. The smallest absolute Gasteiger partial charge is 0.239 e. The lowest BCUT2D eigenvalue weighted by atomic mass is 10.0. The van der Waals surface area contributed by atoms with Crippen molar-refractivity contribution in [2.24, 2.45) is 5.41 Å². The number of carbonyl (C=O) groups excluding carboxylic acids is 1. The average Bonchev–Trinajstić information content (AvgIpc) is 2.91. The van der Waals surface area contributed by atoms with Crippen molar-refractivity contribution in [1.82, 2.24) is 10.2 Å². The van der Waals surface area contributed by atoms with Gasteiger partial charge in [0.05, 0.1) is 6.04 Å². The van der Waals surface area contributed by atoms with E-state index in [1.807, 2.05) is 11.9 Å². The second-order valence-electron chi connectivity index (χ2n) is 5.23. The van der Waals surface area contributed by atoms with Gasteiger partial charge in [-0.3, -0.25) is 4.79 Å². The van der Waals surface area contributed by atoms with Crippen molar-refractivity contribution in [3.05, 3.63) is 0 Å². The van der Waals surface area contributed by atoms with Crippen molar-refractivity contribution in [1.29, 1.82) is 0 Å². The van der Waals surface area contributed by atoms with Crippen LogP contribution in [0.25, 0.3) is 0 Å². The molecule has 0 aromatic heterocycles. The molecule has 1 heterocycles. The van der Waals surface area contributed by atoms with E-state index in [0.29, 0.717) is 5.41 Å². The van der Waals surface area contributed by atoms with E-state index in [9.17, 15) is 4.79 Å². The van der Waals surface area contributed by atoms with Crippen LogP contribution < -0.4 is 5.32 Å². The van der Waals surface area contributed by atoms with E-state index in [-0.39, 0.29) is 11.9 Å². The summed E-state index contributed by atoms with van der Waals surface area (Å²) in [6.45, 7) is 4.21. The molecule has 86 valence electrons. The molecule has 2 aliphatic rings. The van der Waals surface area contributed by atoms with Crippen LogP contribution in [0.4, 0.5) is 0 Å². The number of hydrogen-bond acceptors (Lipinski definition) is 2. The summed E-state index contributed by atoms with van der Waals surface area (Å²) in [5.74, 6) is 0.280. The summed E-state index contributed by atoms with van der Waals surface area (Å²) in [4.78, 5) is 13.5. The summed E-state index contributed by atoms with van der Waals surface area (Å²) in [6, 6.07) is 0.101. The Morgan fingerprint density at radius 3 is 2.73 bits per heavy atom. The summed E-state index contributed by atoms with van der Waals surface area (Å²) in [7, 11) is 1.89. The van der Waals surface area contributed by atoms with E-state index in [2.05, 4.69) is 12.2 Å². The first-order valence-corrected chi connectivity index (χ1v) is 6.15. The van der Waals surface area contributed by atoms with E-state index in [1.54, 1.807) is 0 Å². The zero-order chi connectivity index (χ0) is 10.9. The van der Waals surface area contributed by atoms with Crippen molar-refractivity contribution < 1.29 is 4.79 Å². The second-order valence-corrected chi connectivity index (χ2v) is 5.23. The Morgan fingerprint density at radius 2 is 2.27 bits per heavy atom. The normalized spacial score (nSPS) is 28.5. The standard InChI is InChI=1S/C12H22N2O/c1-3-5-12(6-7-12)9-13-10-4-8-14(2)11(10)15/h10,13H,3-9H2,1-2H3. The predicted octanol–water partition coefficient (Wildman–Crippen LogP) is 1.39. The van der Waals surface area contributed by atoms with Crippen LogP contribution in [0, 0.1) is 5.41 Å². The quantitative estimate of drug-likeness (QED) is 0.743. The molecule has 0 spiro atoms. The maximum atomic E-state index is 11.7. The van der Waals surface area contributed by atoms with E-state index < -0.39 is 0 Å². The van der Waals surface area contributed by atoms with Gasteiger partial charge in [0.2, 0.25) is 5.91 Å². The topological polar surface area (TPSA) is 32.3 Å². The number of amides is 1. The molecule has 1 unspecified atom stereocenters. The zero-order valence-electron chi connectivity index (χ0n) is 9.88. The monoisotopic (exact) mass is 210 g/mol. The van der Waals surface area contributed by atoms with Crippen LogP contribution in [0.2, 0.25) is 0 Å². The molecule has 1 aliphatic carbocycles. The van der Waals surface area contributed by atoms with Crippen molar-refractivity contribution in [3.63, 3.8) is 0 Å². The van der Waals surface area contributed by atoms with E-state index in [4.69, 9.17) is 0 Å². The Kier molecular flexibility index (Phi) is 3.01. The van der Waals surface area contributed by atoms with Gasteiger partial charge in [-0.25, -0.2) is 0 Å². The minimum atomic E-state index is 0.101. The number of rotatable bonds is 5. The highest BCUT2D eigenvalue weighted by molar-refractivity contribution is 5.83. The van der Waals surface area contributed by atoms with Gasteiger partial charge in [0.1, 0.15) is 0 Å². The first kappa shape index (κ1) is 10.9. The number of likely N-dealkylation sites (N-methyl/N-ethyl adjacent to an activating group) is 1. The molecular formula is C12H22N2O. The molecule has 2 fully saturated rings. The fourth-order valence-electron chi connectivity index (χ4n) is 2.57. The van der Waals surface area contributed by atoms with Gasteiger partial charge >= 0.3 is 0 Å². The summed E-state index contributed by atoms with van der Waals surface area (Å²) in [5, 5.41) is 3.46. The molecule has 1 aliphatic heterocycles. The third-order valence-corrected chi connectivity index (χ3v) is 3.89. The van der Waals surface area contributed by atoms with Crippen LogP contribution in [0.5, 0.6) is 0 Å². The third-order valence-electron chi connectivity index (χ3n) is 3.89. The van der Waals surface area contributed by atoms with Crippen LogP contribution in [-0.2, 0) is 4.79 Å². The molecule has 0 aromatic rings. The first-order chi connectivity index (χ1) is 7.17. The lowest BCUT2D eigenvalue weighted by Crippen LogP contribution is -2.39. The van der Waals surface area contributed by atoms with Gasteiger partial charge < -0.3 is 10.2 Å². The van der Waals surface area contributed by atoms with Gasteiger partial charge in [-0.2, -0.15) is 0 Å². The Bertz CT molecular complexity index is 248. The number of likely N-dealkylation sites (tertiary alicyclic amines) is 1. The molecule has 15 heavy (non-hydrogen) atoms. The molecule has 0 bridgehead atoms. The summed E-state index contributed by atoms with van der Waals surface area (Å²) < 4.78 is 0. The minimum Gasteiger partial charge on any atom is -0.344 e. The lowest BCUT2D eigenvalue weighted by Gasteiger charge is -2.18. The SMILES string of the molecule is CCCC1(CNC2CCN(C)C2=O)CC1. The van der Waals surface area contributed by atoms with Gasteiger partial charge in [0, 0.05) is 20.1 Å². The summed E-state index contributed by atoms with van der Waals surface area (Å²) in [5.41, 5.74) is 0.552. The number of hydrogen-bond donors (Lipinski definition) is 1. The molecule has 0 aromatic carbocycles. The van der Waals surface area contributed by atoms with Gasteiger partial charge in [-0.15, -0.1) is 0 Å². The number of carbonyl (C=O) groups is 1. The highest BCUT2D eigenvalue weighted by Crippen LogP contribution is 2.49. The molecular weight excluding hydrogens is 188 g/mol. The highest BCUT2D eigenvalue weighted by Gasteiger charge is 2.42. The van der Waals surface area contributed by atoms with Crippen LogP contribution in [0.15, 0.2) is 0 Å². The van der Waals surface area contributed by atoms with Gasteiger partial charge in [-0.05, 0) is 31.1 Å². The molecule has 1 saturated carbocycles. The molecule has 1 amide bonds. The molecule has 2 rings (SSSR count). The largest absolute Gasteiger partial charge is 0.344 e. The van der Waals surface area contributed by atoms with E-state index >= 15 is 0 Å². The van der Waals surface area contributed by atoms with E-state index in [1.165, 1.54) is 25.7 Å². The van der Waals surface area contributed by atoms with Crippen molar-refractivity contribution in [2.45, 2.75) is 45.1 Å². The van der Waals surface area contributed by atoms with Crippen LogP contribution in [0.3, 0.4) is 0 Å². The first-order valence-electron chi connectivity index (χ1n) is 6.15. The lowest BCUT2D eigenvalue weighted by molar-refractivity contribution is -0.128. The molecule has 1 saturated heterocycles. The molecule has 0 radical (unpaired) electrons. The maximum absolute atomic E-state index is 11.7.